The Labute approximate surface area is 113 Å². The molecule has 0 aliphatic carbocycles. The second-order valence-corrected chi connectivity index (χ2v) is 5.94. The number of hydrogen-bond donors (Lipinski definition) is 1. The summed E-state index contributed by atoms with van der Waals surface area (Å²) in [6.45, 7) is 3.92. The zero-order valence-electron chi connectivity index (χ0n) is 11.0. The Morgan fingerprint density at radius 3 is 2.39 bits per heavy atom. The van der Waals surface area contributed by atoms with Crippen LogP contribution in [-0.2, 0) is 4.79 Å². The molecule has 1 amide bonds. The van der Waals surface area contributed by atoms with Crippen molar-refractivity contribution in [3.8, 4) is 0 Å². The van der Waals surface area contributed by atoms with Gasteiger partial charge in [-0.3, -0.25) is 4.79 Å². The summed E-state index contributed by atoms with van der Waals surface area (Å²) < 4.78 is 0. The highest BCUT2D eigenvalue weighted by atomic mass is 32.2. The van der Waals surface area contributed by atoms with Crippen molar-refractivity contribution in [2.75, 3.05) is 24.7 Å². The Kier molecular flexibility index (Phi) is 4.17. The first-order chi connectivity index (χ1) is 8.65. The number of nitrogens with one attached hydrogen (secondary N) is 1. The second kappa shape index (κ2) is 5.65. The minimum atomic E-state index is 0.0976. The van der Waals surface area contributed by atoms with Crippen molar-refractivity contribution in [1.29, 1.82) is 0 Å². The monoisotopic (exact) mass is 264 g/mol. The van der Waals surface area contributed by atoms with Crippen molar-refractivity contribution in [2.45, 2.75) is 30.2 Å². The first kappa shape index (κ1) is 13.3. The van der Waals surface area contributed by atoms with Gasteiger partial charge in [0.1, 0.15) is 0 Å². The van der Waals surface area contributed by atoms with Gasteiger partial charge in [0.2, 0.25) is 6.41 Å². The third-order valence-corrected chi connectivity index (χ3v) is 4.33. The number of rotatable bonds is 4. The molecule has 98 valence electrons. The van der Waals surface area contributed by atoms with E-state index in [0.717, 1.165) is 38.0 Å². The fourth-order valence-corrected chi connectivity index (χ4v) is 2.68. The summed E-state index contributed by atoms with van der Waals surface area (Å²) in [7, 11) is 0. The molecule has 1 fully saturated rings. The van der Waals surface area contributed by atoms with Gasteiger partial charge in [-0.2, -0.15) is 0 Å². The highest BCUT2D eigenvalue weighted by Gasteiger charge is 2.29. The standard InChI is InChI=1S/C14H20N2OS/c1-14(7-9-16(11-17)10-8-14)15-12-3-5-13(18-2)6-4-12/h3-6,11,15H,7-10H2,1-2H3. The van der Waals surface area contributed by atoms with Crippen molar-refractivity contribution in [2.24, 2.45) is 0 Å². The third-order valence-electron chi connectivity index (χ3n) is 3.59. The molecule has 1 aliphatic heterocycles. The van der Waals surface area contributed by atoms with Crippen molar-refractivity contribution in [3.05, 3.63) is 24.3 Å². The normalized spacial score (nSPS) is 18.4. The number of nitrogens with zero attached hydrogens (tertiary/aromatic N) is 1. The molecule has 1 aromatic carbocycles. The average Bonchev–Trinajstić information content (AvgIpc) is 2.40. The third kappa shape index (κ3) is 3.19. The van der Waals surface area contributed by atoms with E-state index >= 15 is 0 Å². The Morgan fingerprint density at radius 2 is 1.89 bits per heavy atom. The topological polar surface area (TPSA) is 32.3 Å². The maximum Gasteiger partial charge on any atom is 0.209 e. The number of piperidine rings is 1. The van der Waals surface area contributed by atoms with Crippen molar-refractivity contribution in [3.63, 3.8) is 0 Å². The number of likely N-dealkylation sites (tertiary alicyclic amines) is 1. The van der Waals surface area contributed by atoms with E-state index in [-0.39, 0.29) is 5.54 Å². The lowest BCUT2D eigenvalue weighted by Crippen LogP contribution is -2.46. The number of carbonyl (C=O) groups excluding carboxylic acids is 1. The molecular formula is C14H20N2OS. The lowest BCUT2D eigenvalue weighted by molar-refractivity contribution is -0.119. The van der Waals surface area contributed by atoms with Crippen LogP contribution in [0.25, 0.3) is 0 Å². The minimum Gasteiger partial charge on any atom is -0.380 e. The number of anilines is 1. The summed E-state index contributed by atoms with van der Waals surface area (Å²) in [5.41, 5.74) is 1.26. The van der Waals surface area contributed by atoms with Gasteiger partial charge in [-0.1, -0.05) is 0 Å². The molecule has 1 heterocycles. The molecule has 1 aromatic rings. The summed E-state index contributed by atoms with van der Waals surface area (Å²) in [5.74, 6) is 0. The van der Waals surface area contributed by atoms with Crippen molar-refractivity contribution in [1.82, 2.24) is 4.90 Å². The van der Waals surface area contributed by atoms with Crippen LogP contribution in [0, 0.1) is 0 Å². The molecule has 0 saturated carbocycles. The lowest BCUT2D eigenvalue weighted by atomic mass is 9.89. The summed E-state index contributed by atoms with van der Waals surface area (Å²) in [6, 6.07) is 8.53. The van der Waals surface area contributed by atoms with E-state index in [2.05, 4.69) is 42.8 Å². The molecule has 0 aromatic heterocycles. The molecule has 0 spiro atoms. The summed E-state index contributed by atoms with van der Waals surface area (Å²) in [6.07, 6.45) is 5.03. The van der Waals surface area contributed by atoms with Crippen LogP contribution in [-0.4, -0.2) is 36.2 Å². The first-order valence-corrected chi connectivity index (χ1v) is 7.49. The smallest absolute Gasteiger partial charge is 0.209 e. The average molecular weight is 264 g/mol. The fourth-order valence-electron chi connectivity index (χ4n) is 2.27. The van der Waals surface area contributed by atoms with E-state index in [1.54, 1.807) is 11.8 Å². The minimum absolute atomic E-state index is 0.0976. The Bertz CT molecular complexity index is 397. The largest absolute Gasteiger partial charge is 0.380 e. The lowest BCUT2D eigenvalue weighted by Gasteiger charge is -2.39. The summed E-state index contributed by atoms with van der Waals surface area (Å²) >= 11 is 1.75. The van der Waals surface area contributed by atoms with Crippen LogP contribution in [0.15, 0.2) is 29.2 Å². The predicted octanol–water partition coefficient (Wildman–Crippen LogP) is 2.83. The number of thioether (sulfide) groups is 1. The molecule has 0 unspecified atom stereocenters. The number of hydrogen-bond acceptors (Lipinski definition) is 3. The van der Waals surface area contributed by atoms with E-state index in [1.165, 1.54) is 4.90 Å². The molecular weight excluding hydrogens is 244 g/mol. The van der Waals surface area contributed by atoms with Crippen LogP contribution in [0.3, 0.4) is 0 Å². The first-order valence-electron chi connectivity index (χ1n) is 6.27. The Hall–Kier alpha value is -1.16. The molecule has 0 bridgehead atoms. The molecule has 18 heavy (non-hydrogen) atoms. The van der Waals surface area contributed by atoms with E-state index < -0.39 is 0 Å². The quantitative estimate of drug-likeness (QED) is 0.670. The van der Waals surface area contributed by atoms with Gasteiger partial charge < -0.3 is 10.2 Å². The van der Waals surface area contributed by atoms with Crippen LogP contribution >= 0.6 is 11.8 Å². The highest BCUT2D eigenvalue weighted by molar-refractivity contribution is 7.98. The second-order valence-electron chi connectivity index (χ2n) is 5.06. The number of benzene rings is 1. The van der Waals surface area contributed by atoms with E-state index in [9.17, 15) is 4.79 Å². The van der Waals surface area contributed by atoms with Gasteiger partial charge in [-0.25, -0.2) is 0 Å². The molecule has 3 nitrogen and oxygen atoms in total. The molecule has 2 rings (SSSR count). The highest BCUT2D eigenvalue weighted by Crippen LogP contribution is 2.27. The maximum atomic E-state index is 10.7. The van der Waals surface area contributed by atoms with Gasteiger partial charge in [-0.05, 0) is 50.3 Å². The van der Waals surface area contributed by atoms with Crippen molar-refractivity contribution >= 4 is 23.9 Å². The van der Waals surface area contributed by atoms with Gasteiger partial charge in [0.05, 0.1) is 0 Å². The predicted molar refractivity (Wildman–Crippen MR) is 77.1 cm³/mol. The van der Waals surface area contributed by atoms with E-state index in [1.807, 2.05) is 4.90 Å². The van der Waals surface area contributed by atoms with Gasteiger partial charge >= 0.3 is 0 Å². The van der Waals surface area contributed by atoms with Gasteiger partial charge in [0.25, 0.3) is 0 Å². The van der Waals surface area contributed by atoms with E-state index in [4.69, 9.17) is 0 Å². The summed E-state index contributed by atoms with van der Waals surface area (Å²) in [4.78, 5) is 13.8. The van der Waals surface area contributed by atoms with Gasteiger partial charge in [0.15, 0.2) is 0 Å². The zero-order valence-corrected chi connectivity index (χ0v) is 11.8. The van der Waals surface area contributed by atoms with Crippen LogP contribution in [0.4, 0.5) is 5.69 Å². The summed E-state index contributed by atoms with van der Waals surface area (Å²) in [5, 5.41) is 3.60. The Balaban J connectivity index is 1.97. The van der Waals surface area contributed by atoms with Gasteiger partial charge in [0, 0.05) is 29.2 Å². The number of carbonyl (C=O) groups is 1. The van der Waals surface area contributed by atoms with Crippen LogP contribution < -0.4 is 5.32 Å². The SMILES string of the molecule is CSc1ccc(NC2(C)CCN(C=O)CC2)cc1. The molecule has 0 radical (unpaired) electrons. The Morgan fingerprint density at radius 1 is 1.28 bits per heavy atom. The van der Waals surface area contributed by atoms with Crippen LogP contribution in [0.5, 0.6) is 0 Å². The molecule has 4 heteroatoms. The molecule has 0 atom stereocenters. The fraction of sp³-hybridized carbons (Fsp3) is 0.500. The van der Waals surface area contributed by atoms with Crippen LogP contribution in [0.1, 0.15) is 19.8 Å². The van der Waals surface area contributed by atoms with Crippen molar-refractivity contribution < 1.29 is 4.79 Å². The maximum absolute atomic E-state index is 10.7. The molecule has 1 aliphatic rings. The van der Waals surface area contributed by atoms with E-state index in [0.29, 0.717) is 0 Å². The zero-order chi connectivity index (χ0) is 13.0. The molecule has 1 saturated heterocycles. The van der Waals surface area contributed by atoms with Crippen LogP contribution in [0.2, 0.25) is 0 Å². The number of amides is 1. The molecule has 1 N–H and O–H groups in total. The van der Waals surface area contributed by atoms with Gasteiger partial charge in [-0.15, -0.1) is 11.8 Å².